The van der Waals surface area contributed by atoms with Gasteiger partial charge in [-0.15, -0.1) is 0 Å². The molecule has 3 rings (SSSR count). The van der Waals surface area contributed by atoms with E-state index in [-0.39, 0.29) is 25.2 Å². The Morgan fingerprint density at radius 3 is 2.69 bits per heavy atom. The Balaban J connectivity index is 1.83. The average molecular weight is 354 g/mol. The number of hydrogen-bond acceptors (Lipinski definition) is 4. The van der Waals surface area contributed by atoms with Gasteiger partial charge in [-0.25, -0.2) is 9.78 Å². The summed E-state index contributed by atoms with van der Waals surface area (Å²) in [6.07, 6.45) is 0.566. The van der Waals surface area contributed by atoms with E-state index in [0.29, 0.717) is 12.2 Å². The number of carbonyl (C=O) groups is 1. The zero-order valence-electron chi connectivity index (χ0n) is 14.5. The zero-order chi connectivity index (χ0) is 18.4. The first-order chi connectivity index (χ1) is 12.7. The highest BCUT2D eigenvalue weighted by Gasteiger charge is 2.19. The predicted octanol–water partition coefficient (Wildman–Crippen LogP) is 2.15. The molecule has 0 saturated carbocycles. The van der Waals surface area contributed by atoms with Gasteiger partial charge in [0.25, 0.3) is 0 Å². The van der Waals surface area contributed by atoms with Crippen molar-refractivity contribution in [3.05, 3.63) is 59.9 Å². The molecule has 2 aromatic carbocycles. The lowest BCUT2D eigenvalue weighted by Gasteiger charge is -2.17. The number of fused-ring (bicyclic) bond motifs is 1. The maximum absolute atomic E-state index is 12.1. The summed E-state index contributed by atoms with van der Waals surface area (Å²) in [5.41, 5.74) is 2.80. The Kier molecular flexibility index (Phi) is 5.70. The SMILES string of the molecule is COc1ccc(CC(NC(=O)NCCO)c2nc3ccccc3[nH]2)cc1. The molecule has 0 bridgehead atoms. The van der Waals surface area contributed by atoms with Gasteiger partial charge in [0.2, 0.25) is 0 Å². The van der Waals surface area contributed by atoms with E-state index in [9.17, 15) is 4.79 Å². The molecule has 0 radical (unpaired) electrons. The second kappa shape index (κ2) is 8.35. The van der Waals surface area contributed by atoms with Gasteiger partial charge >= 0.3 is 6.03 Å². The van der Waals surface area contributed by atoms with E-state index in [1.165, 1.54) is 0 Å². The van der Waals surface area contributed by atoms with Crippen molar-refractivity contribution in [2.24, 2.45) is 0 Å². The van der Waals surface area contributed by atoms with Crippen LogP contribution in [0.3, 0.4) is 0 Å². The molecule has 136 valence electrons. The Hall–Kier alpha value is -3.06. The van der Waals surface area contributed by atoms with Crippen molar-refractivity contribution >= 4 is 17.1 Å². The number of aromatic amines is 1. The molecule has 0 aliphatic carbocycles. The second-order valence-corrected chi connectivity index (χ2v) is 5.87. The summed E-state index contributed by atoms with van der Waals surface area (Å²) < 4.78 is 5.19. The van der Waals surface area contributed by atoms with Gasteiger partial charge in [0, 0.05) is 6.54 Å². The number of carbonyl (C=O) groups excluding carboxylic acids is 1. The highest BCUT2D eigenvalue weighted by molar-refractivity contribution is 5.76. The first-order valence-corrected chi connectivity index (χ1v) is 8.42. The van der Waals surface area contributed by atoms with E-state index in [1.54, 1.807) is 7.11 Å². The summed E-state index contributed by atoms with van der Waals surface area (Å²) in [5, 5.41) is 14.4. The van der Waals surface area contributed by atoms with Gasteiger partial charge in [-0.05, 0) is 36.2 Å². The number of para-hydroxylation sites is 2. The van der Waals surface area contributed by atoms with E-state index >= 15 is 0 Å². The molecule has 1 unspecified atom stereocenters. The Morgan fingerprint density at radius 1 is 1.23 bits per heavy atom. The first kappa shape index (κ1) is 17.8. The number of methoxy groups -OCH3 is 1. The van der Waals surface area contributed by atoms with Crippen molar-refractivity contribution in [2.75, 3.05) is 20.3 Å². The van der Waals surface area contributed by atoms with Crippen LogP contribution in [0.5, 0.6) is 5.75 Å². The minimum Gasteiger partial charge on any atom is -0.497 e. The molecule has 0 saturated heterocycles. The molecule has 1 aromatic heterocycles. The average Bonchev–Trinajstić information content (AvgIpc) is 3.10. The minimum atomic E-state index is -0.349. The number of rotatable bonds is 7. The van der Waals surface area contributed by atoms with Gasteiger partial charge in [-0.2, -0.15) is 0 Å². The van der Waals surface area contributed by atoms with Crippen LogP contribution in [0.4, 0.5) is 4.79 Å². The number of nitrogens with zero attached hydrogens (tertiary/aromatic N) is 1. The van der Waals surface area contributed by atoms with E-state index in [4.69, 9.17) is 9.84 Å². The molecule has 7 heteroatoms. The second-order valence-electron chi connectivity index (χ2n) is 5.87. The van der Waals surface area contributed by atoms with Crippen LogP contribution in [0, 0.1) is 0 Å². The Bertz CT molecular complexity index is 828. The van der Waals surface area contributed by atoms with E-state index in [2.05, 4.69) is 20.6 Å². The van der Waals surface area contributed by atoms with E-state index < -0.39 is 0 Å². The fourth-order valence-corrected chi connectivity index (χ4v) is 2.73. The fourth-order valence-electron chi connectivity index (χ4n) is 2.73. The van der Waals surface area contributed by atoms with Crippen molar-refractivity contribution in [3.8, 4) is 5.75 Å². The molecule has 3 aromatic rings. The van der Waals surface area contributed by atoms with Crippen LogP contribution < -0.4 is 15.4 Å². The summed E-state index contributed by atoms with van der Waals surface area (Å²) in [4.78, 5) is 20.0. The lowest BCUT2D eigenvalue weighted by atomic mass is 10.1. The molecule has 7 nitrogen and oxygen atoms in total. The third-order valence-electron chi connectivity index (χ3n) is 4.04. The number of benzene rings is 2. The maximum atomic E-state index is 12.1. The van der Waals surface area contributed by atoms with Crippen LogP contribution in [-0.2, 0) is 6.42 Å². The molecular weight excluding hydrogens is 332 g/mol. The van der Waals surface area contributed by atoms with Crippen molar-refractivity contribution in [1.29, 1.82) is 0 Å². The number of aromatic nitrogens is 2. The molecule has 0 aliphatic rings. The van der Waals surface area contributed by atoms with Gasteiger partial charge in [0.1, 0.15) is 11.6 Å². The van der Waals surface area contributed by atoms with Crippen molar-refractivity contribution < 1.29 is 14.6 Å². The van der Waals surface area contributed by atoms with Crippen LogP contribution in [0.1, 0.15) is 17.4 Å². The number of ether oxygens (including phenoxy) is 1. The molecule has 0 spiro atoms. The number of amides is 2. The lowest BCUT2D eigenvalue weighted by Crippen LogP contribution is -2.40. The summed E-state index contributed by atoms with van der Waals surface area (Å²) in [5.74, 6) is 1.46. The van der Waals surface area contributed by atoms with Gasteiger partial charge in [-0.3, -0.25) is 0 Å². The van der Waals surface area contributed by atoms with E-state index in [0.717, 1.165) is 22.3 Å². The largest absolute Gasteiger partial charge is 0.497 e. The van der Waals surface area contributed by atoms with Gasteiger partial charge in [0.15, 0.2) is 0 Å². The molecular formula is C19H22N4O3. The number of urea groups is 1. The van der Waals surface area contributed by atoms with E-state index in [1.807, 2.05) is 48.5 Å². The minimum absolute atomic E-state index is 0.110. The molecule has 26 heavy (non-hydrogen) atoms. The third-order valence-corrected chi connectivity index (χ3v) is 4.04. The van der Waals surface area contributed by atoms with Crippen molar-refractivity contribution in [3.63, 3.8) is 0 Å². The van der Waals surface area contributed by atoms with Crippen LogP contribution >= 0.6 is 0 Å². The van der Waals surface area contributed by atoms with Gasteiger partial charge in [-0.1, -0.05) is 24.3 Å². The highest BCUT2D eigenvalue weighted by atomic mass is 16.5. The lowest BCUT2D eigenvalue weighted by molar-refractivity contribution is 0.230. The Labute approximate surface area is 151 Å². The molecule has 4 N–H and O–H groups in total. The smallest absolute Gasteiger partial charge is 0.315 e. The van der Waals surface area contributed by atoms with Gasteiger partial charge in [0.05, 0.1) is 30.8 Å². The molecule has 0 fully saturated rings. The van der Waals surface area contributed by atoms with Crippen LogP contribution in [0.15, 0.2) is 48.5 Å². The highest BCUT2D eigenvalue weighted by Crippen LogP contribution is 2.21. The standard InChI is InChI=1S/C19H22N4O3/c1-26-14-8-6-13(7-9-14)12-17(23-19(25)20-10-11-24)18-21-15-4-2-3-5-16(15)22-18/h2-9,17,24H,10-12H2,1H3,(H,21,22)(H2,20,23,25). The fraction of sp³-hybridized carbons (Fsp3) is 0.263. The summed E-state index contributed by atoms with van der Waals surface area (Å²) in [6.45, 7) is 0.0857. The van der Waals surface area contributed by atoms with Crippen LogP contribution in [0.25, 0.3) is 11.0 Å². The molecule has 0 aliphatic heterocycles. The van der Waals surface area contributed by atoms with Crippen molar-refractivity contribution in [2.45, 2.75) is 12.5 Å². The number of nitrogens with one attached hydrogen (secondary N) is 3. The van der Waals surface area contributed by atoms with Crippen LogP contribution in [0.2, 0.25) is 0 Å². The summed E-state index contributed by atoms with van der Waals surface area (Å²) in [7, 11) is 1.62. The normalized spacial score (nSPS) is 11.9. The number of H-pyrrole nitrogens is 1. The summed E-state index contributed by atoms with van der Waals surface area (Å²) in [6, 6.07) is 14.7. The first-order valence-electron chi connectivity index (χ1n) is 8.42. The predicted molar refractivity (Wildman–Crippen MR) is 99.2 cm³/mol. The van der Waals surface area contributed by atoms with Crippen molar-refractivity contribution in [1.82, 2.24) is 20.6 Å². The quantitative estimate of drug-likeness (QED) is 0.522. The third kappa shape index (κ3) is 4.31. The molecule has 1 heterocycles. The topological polar surface area (TPSA) is 99.3 Å². The van der Waals surface area contributed by atoms with Crippen LogP contribution in [-0.4, -0.2) is 41.4 Å². The molecule has 1 atom stereocenters. The number of aliphatic hydroxyl groups excluding tert-OH is 1. The number of imidazole rings is 1. The monoisotopic (exact) mass is 354 g/mol. The number of hydrogen-bond donors (Lipinski definition) is 4. The summed E-state index contributed by atoms with van der Waals surface area (Å²) >= 11 is 0. The maximum Gasteiger partial charge on any atom is 0.315 e. The molecule has 2 amide bonds. The number of aliphatic hydroxyl groups is 1. The Morgan fingerprint density at radius 2 is 2.00 bits per heavy atom. The zero-order valence-corrected chi connectivity index (χ0v) is 14.5. The van der Waals surface area contributed by atoms with Gasteiger partial charge < -0.3 is 25.5 Å².